The second-order valence-electron chi connectivity index (χ2n) is 6.08. The Morgan fingerprint density at radius 3 is 2.47 bits per heavy atom. The minimum Gasteiger partial charge on any atom is -0.481 e. The SMILES string of the molecule is CC1CCC(CN)(C(=O)NCC(C)CC(=O)O)CC1. The van der Waals surface area contributed by atoms with E-state index in [-0.39, 0.29) is 18.2 Å². The lowest BCUT2D eigenvalue weighted by atomic mass is 9.70. The lowest BCUT2D eigenvalue weighted by Gasteiger charge is -2.37. The first-order valence-electron chi connectivity index (χ1n) is 7.10. The molecule has 0 spiro atoms. The van der Waals surface area contributed by atoms with Crippen molar-refractivity contribution >= 4 is 11.9 Å². The first kappa shape index (κ1) is 16.0. The third-order valence-electron chi connectivity index (χ3n) is 4.24. The highest BCUT2D eigenvalue weighted by Crippen LogP contribution is 2.38. The number of carbonyl (C=O) groups excluding carboxylic acids is 1. The van der Waals surface area contributed by atoms with Gasteiger partial charge in [0.25, 0.3) is 0 Å². The first-order valence-corrected chi connectivity index (χ1v) is 7.10. The van der Waals surface area contributed by atoms with E-state index in [0.29, 0.717) is 19.0 Å². The Labute approximate surface area is 114 Å². The Bertz CT molecular complexity index is 323. The van der Waals surface area contributed by atoms with E-state index in [0.717, 1.165) is 25.7 Å². The van der Waals surface area contributed by atoms with E-state index in [1.54, 1.807) is 0 Å². The van der Waals surface area contributed by atoms with Crippen molar-refractivity contribution in [3.8, 4) is 0 Å². The number of nitrogens with two attached hydrogens (primary N) is 1. The Hall–Kier alpha value is -1.10. The molecule has 1 amide bonds. The van der Waals surface area contributed by atoms with E-state index in [1.165, 1.54) is 0 Å². The van der Waals surface area contributed by atoms with Gasteiger partial charge in [-0.25, -0.2) is 0 Å². The number of nitrogens with one attached hydrogen (secondary N) is 1. The van der Waals surface area contributed by atoms with Gasteiger partial charge in [-0.2, -0.15) is 0 Å². The summed E-state index contributed by atoms with van der Waals surface area (Å²) in [6.07, 6.45) is 3.82. The van der Waals surface area contributed by atoms with Gasteiger partial charge in [-0.3, -0.25) is 9.59 Å². The monoisotopic (exact) mass is 270 g/mol. The minimum absolute atomic E-state index is 0.000797. The van der Waals surface area contributed by atoms with Gasteiger partial charge in [-0.1, -0.05) is 13.8 Å². The molecule has 0 aromatic heterocycles. The summed E-state index contributed by atoms with van der Waals surface area (Å²) >= 11 is 0. The van der Waals surface area contributed by atoms with Gasteiger partial charge in [-0.05, 0) is 37.5 Å². The number of rotatable bonds is 6. The fourth-order valence-corrected chi connectivity index (χ4v) is 2.66. The van der Waals surface area contributed by atoms with Crippen molar-refractivity contribution in [2.75, 3.05) is 13.1 Å². The highest BCUT2D eigenvalue weighted by atomic mass is 16.4. The summed E-state index contributed by atoms with van der Waals surface area (Å²) in [6.45, 7) is 4.81. The van der Waals surface area contributed by atoms with E-state index in [2.05, 4.69) is 12.2 Å². The molecule has 1 aliphatic rings. The molecule has 4 N–H and O–H groups in total. The molecule has 0 heterocycles. The summed E-state index contributed by atoms with van der Waals surface area (Å²) in [5.74, 6) is -0.224. The summed E-state index contributed by atoms with van der Waals surface area (Å²) in [4.78, 5) is 22.9. The molecule has 1 aliphatic carbocycles. The van der Waals surface area contributed by atoms with Crippen LogP contribution in [0.15, 0.2) is 0 Å². The second-order valence-corrected chi connectivity index (χ2v) is 6.08. The third kappa shape index (κ3) is 4.49. The van der Waals surface area contributed by atoms with E-state index < -0.39 is 11.4 Å². The van der Waals surface area contributed by atoms with Crippen LogP contribution >= 0.6 is 0 Å². The van der Waals surface area contributed by atoms with Crippen molar-refractivity contribution < 1.29 is 14.7 Å². The van der Waals surface area contributed by atoms with E-state index in [4.69, 9.17) is 10.8 Å². The number of hydrogen-bond acceptors (Lipinski definition) is 3. The van der Waals surface area contributed by atoms with E-state index >= 15 is 0 Å². The van der Waals surface area contributed by atoms with Gasteiger partial charge in [-0.15, -0.1) is 0 Å². The number of aliphatic carboxylic acids is 1. The average molecular weight is 270 g/mol. The number of carboxylic acid groups (broad SMARTS) is 1. The Morgan fingerprint density at radius 1 is 1.42 bits per heavy atom. The fraction of sp³-hybridized carbons (Fsp3) is 0.857. The van der Waals surface area contributed by atoms with Crippen LogP contribution in [-0.2, 0) is 9.59 Å². The summed E-state index contributed by atoms with van der Waals surface area (Å²) in [5.41, 5.74) is 5.38. The van der Waals surface area contributed by atoms with Crippen LogP contribution < -0.4 is 11.1 Å². The molecule has 110 valence electrons. The molecule has 0 aliphatic heterocycles. The molecule has 5 nitrogen and oxygen atoms in total. The Balaban J connectivity index is 2.48. The lowest BCUT2D eigenvalue weighted by molar-refractivity contribution is -0.138. The van der Waals surface area contributed by atoms with Crippen LogP contribution in [0.4, 0.5) is 0 Å². The maximum absolute atomic E-state index is 12.3. The molecule has 0 saturated heterocycles. The van der Waals surface area contributed by atoms with Crippen LogP contribution in [-0.4, -0.2) is 30.1 Å². The normalized spacial score (nSPS) is 28.7. The minimum atomic E-state index is -0.832. The number of hydrogen-bond donors (Lipinski definition) is 3. The van der Waals surface area contributed by atoms with Crippen LogP contribution in [0.25, 0.3) is 0 Å². The molecule has 5 heteroatoms. The Kier molecular flexibility index (Phi) is 5.79. The highest BCUT2D eigenvalue weighted by Gasteiger charge is 2.39. The van der Waals surface area contributed by atoms with Crippen molar-refractivity contribution in [1.29, 1.82) is 0 Å². The molecule has 0 radical (unpaired) electrons. The molecule has 1 saturated carbocycles. The standard InChI is InChI=1S/C14H26N2O3/c1-10-3-5-14(9-15,6-4-10)13(19)16-8-11(2)7-12(17)18/h10-11H,3-9,15H2,1-2H3,(H,16,19)(H,17,18). The number of carboxylic acids is 1. The van der Waals surface area contributed by atoms with Crippen LogP contribution in [0.1, 0.15) is 46.0 Å². The fourth-order valence-electron chi connectivity index (χ4n) is 2.66. The van der Waals surface area contributed by atoms with Crippen LogP contribution in [0.3, 0.4) is 0 Å². The van der Waals surface area contributed by atoms with Gasteiger partial charge in [0.15, 0.2) is 0 Å². The smallest absolute Gasteiger partial charge is 0.303 e. The summed E-state index contributed by atoms with van der Waals surface area (Å²) < 4.78 is 0. The molecule has 1 fully saturated rings. The zero-order valence-corrected chi connectivity index (χ0v) is 11.9. The topological polar surface area (TPSA) is 92.4 Å². The molecular formula is C14H26N2O3. The third-order valence-corrected chi connectivity index (χ3v) is 4.24. The maximum atomic E-state index is 12.3. The molecule has 0 aromatic carbocycles. The van der Waals surface area contributed by atoms with Gasteiger partial charge in [0.2, 0.25) is 5.91 Å². The molecule has 19 heavy (non-hydrogen) atoms. The lowest BCUT2D eigenvalue weighted by Crippen LogP contribution is -2.48. The molecule has 1 unspecified atom stereocenters. The van der Waals surface area contributed by atoms with Crippen LogP contribution in [0, 0.1) is 17.3 Å². The maximum Gasteiger partial charge on any atom is 0.303 e. The summed E-state index contributed by atoms with van der Waals surface area (Å²) in [7, 11) is 0. The van der Waals surface area contributed by atoms with Gasteiger partial charge in [0, 0.05) is 19.5 Å². The largest absolute Gasteiger partial charge is 0.481 e. The molecular weight excluding hydrogens is 244 g/mol. The molecule has 1 atom stereocenters. The predicted molar refractivity (Wildman–Crippen MR) is 73.5 cm³/mol. The van der Waals surface area contributed by atoms with Crippen LogP contribution in [0.5, 0.6) is 0 Å². The quantitative estimate of drug-likeness (QED) is 0.679. The first-order chi connectivity index (χ1) is 8.89. The van der Waals surface area contributed by atoms with Crippen molar-refractivity contribution in [1.82, 2.24) is 5.32 Å². The van der Waals surface area contributed by atoms with Crippen LogP contribution in [0.2, 0.25) is 0 Å². The predicted octanol–water partition coefficient (Wildman–Crippen LogP) is 1.37. The van der Waals surface area contributed by atoms with Gasteiger partial charge in [0.05, 0.1) is 5.41 Å². The van der Waals surface area contributed by atoms with Crippen molar-refractivity contribution in [2.24, 2.45) is 23.0 Å². The zero-order valence-electron chi connectivity index (χ0n) is 11.9. The highest BCUT2D eigenvalue weighted by molar-refractivity contribution is 5.83. The Morgan fingerprint density at radius 2 is 2.00 bits per heavy atom. The van der Waals surface area contributed by atoms with E-state index in [1.807, 2.05) is 6.92 Å². The van der Waals surface area contributed by atoms with Gasteiger partial charge >= 0.3 is 5.97 Å². The van der Waals surface area contributed by atoms with Crippen molar-refractivity contribution in [3.63, 3.8) is 0 Å². The van der Waals surface area contributed by atoms with Gasteiger partial charge in [0.1, 0.15) is 0 Å². The van der Waals surface area contributed by atoms with Crippen molar-refractivity contribution in [3.05, 3.63) is 0 Å². The molecule has 0 aromatic rings. The molecule has 0 bridgehead atoms. The molecule has 1 rings (SSSR count). The second kappa shape index (κ2) is 6.89. The van der Waals surface area contributed by atoms with E-state index in [9.17, 15) is 9.59 Å². The average Bonchev–Trinajstić information content (AvgIpc) is 2.36. The number of carbonyl (C=O) groups is 2. The zero-order chi connectivity index (χ0) is 14.5. The summed E-state index contributed by atoms with van der Waals surface area (Å²) in [6, 6.07) is 0. The summed E-state index contributed by atoms with van der Waals surface area (Å²) in [5, 5.41) is 11.6. The number of amides is 1. The van der Waals surface area contributed by atoms with Crippen molar-refractivity contribution in [2.45, 2.75) is 46.0 Å². The van der Waals surface area contributed by atoms with Gasteiger partial charge < -0.3 is 16.2 Å².